The first-order valence-corrected chi connectivity index (χ1v) is 9.38. The lowest BCUT2D eigenvalue weighted by atomic mass is 9.70. The molecule has 26 heavy (non-hydrogen) atoms. The third-order valence-electron chi connectivity index (χ3n) is 4.66. The van der Waals surface area contributed by atoms with Crippen molar-refractivity contribution in [1.82, 2.24) is 0 Å². The summed E-state index contributed by atoms with van der Waals surface area (Å²) in [6, 6.07) is 12.3. The van der Waals surface area contributed by atoms with E-state index in [4.69, 9.17) is 4.74 Å². The largest absolute Gasteiger partial charge is 0.462 e. The predicted molar refractivity (Wildman–Crippen MR) is 100 cm³/mol. The molecule has 1 N–H and O–H groups in total. The molecule has 0 spiro atoms. The van der Waals surface area contributed by atoms with E-state index in [2.05, 4.69) is 11.4 Å². The number of nitrogens with one attached hydrogen (secondary N) is 1. The smallest absolute Gasteiger partial charge is 0.341 e. The second kappa shape index (κ2) is 7.30. The summed E-state index contributed by atoms with van der Waals surface area (Å²) in [6.45, 7) is 3.44. The molecule has 1 atom stereocenters. The van der Waals surface area contributed by atoms with Crippen LogP contribution in [0.2, 0.25) is 0 Å². The Labute approximate surface area is 156 Å². The lowest BCUT2D eigenvalue weighted by Crippen LogP contribution is -2.31. The molecule has 6 heteroatoms. The van der Waals surface area contributed by atoms with E-state index in [9.17, 15) is 14.9 Å². The van der Waals surface area contributed by atoms with Crippen LogP contribution in [0.4, 0.5) is 5.00 Å². The van der Waals surface area contributed by atoms with Crippen molar-refractivity contribution in [2.45, 2.75) is 38.5 Å². The molecule has 1 aromatic carbocycles. The van der Waals surface area contributed by atoms with E-state index in [0.29, 0.717) is 29.8 Å². The summed E-state index contributed by atoms with van der Waals surface area (Å²) in [5.41, 5.74) is 1.72. The zero-order chi connectivity index (χ0) is 18.7. The van der Waals surface area contributed by atoms with Gasteiger partial charge in [-0.1, -0.05) is 30.3 Å². The van der Waals surface area contributed by atoms with E-state index in [-0.39, 0.29) is 12.5 Å². The standard InChI is InChI=1S/C20H20N2O3S/c1-3-25-19(24)17-15-9-10-20(12-21,14-7-5-4-6-8-14)11-16(15)26-18(17)22-13(2)23/h4-8H,3,9-11H2,1-2H3,(H,22,23). The van der Waals surface area contributed by atoms with E-state index in [0.717, 1.165) is 16.0 Å². The average molecular weight is 368 g/mol. The molecule has 0 bridgehead atoms. The number of ether oxygens (including phenoxy) is 1. The number of amides is 1. The summed E-state index contributed by atoms with van der Waals surface area (Å²) in [5.74, 6) is -0.651. The van der Waals surface area contributed by atoms with Crippen LogP contribution in [0.3, 0.4) is 0 Å². The first-order chi connectivity index (χ1) is 12.5. The molecule has 0 saturated carbocycles. The molecule has 0 saturated heterocycles. The molecule has 1 heterocycles. The topological polar surface area (TPSA) is 79.2 Å². The minimum absolute atomic E-state index is 0.233. The Hall–Kier alpha value is -2.65. The summed E-state index contributed by atoms with van der Waals surface area (Å²) in [5, 5.41) is 13.2. The number of nitrogens with zero attached hydrogens (tertiary/aromatic N) is 1. The maximum atomic E-state index is 12.4. The van der Waals surface area contributed by atoms with Crippen molar-refractivity contribution in [1.29, 1.82) is 5.26 Å². The average Bonchev–Trinajstić information content (AvgIpc) is 2.98. The zero-order valence-electron chi connectivity index (χ0n) is 14.8. The number of fused-ring (bicyclic) bond motifs is 1. The van der Waals surface area contributed by atoms with Crippen LogP contribution in [0.1, 0.15) is 46.6 Å². The van der Waals surface area contributed by atoms with Gasteiger partial charge < -0.3 is 10.1 Å². The van der Waals surface area contributed by atoms with Crippen LogP contribution in [0.15, 0.2) is 30.3 Å². The Morgan fingerprint density at radius 2 is 2.08 bits per heavy atom. The molecule has 1 amide bonds. The van der Waals surface area contributed by atoms with Crippen molar-refractivity contribution >= 4 is 28.2 Å². The number of anilines is 1. The molecule has 0 aliphatic heterocycles. The monoisotopic (exact) mass is 368 g/mol. The Morgan fingerprint density at radius 1 is 1.35 bits per heavy atom. The normalized spacial score (nSPS) is 18.5. The van der Waals surface area contributed by atoms with Crippen LogP contribution in [0.5, 0.6) is 0 Å². The summed E-state index contributed by atoms with van der Waals surface area (Å²) < 4.78 is 5.19. The van der Waals surface area contributed by atoms with Crippen LogP contribution in [-0.2, 0) is 27.8 Å². The van der Waals surface area contributed by atoms with E-state index < -0.39 is 11.4 Å². The first-order valence-electron chi connectivity index (χ1n) is 8.56. The number of carbonyl (C=O) groups excluding carboxylic acids is 2. The van der Waals surface area contributed by atoms with E-state index in [1.165, 1.54) is 18.3 Å². The van der Waals surface area contributed by atoms with Crippen molar-refractivity contribution in [2.75, 3.05) is 11.9 Å². The van der Waals surface area contributed by atoms with E-state index >= 15 is 0 Å². The van der Waals surface area contributed by atoms with Gasteiger partial charge in [0, 0.05) is 18.2 Å². The van der Waals surface area contributed by atoms with Gasteiger partial charge in [-0.2, -0.15) is 5.26 Å². The second-order valence-electron chi connectivity index (χ2n) is 6.35. The second-order valence-corrected chi connectivity index (χ2v) is 7.45. The molecule has 1 aliphatic rings. The number of esters is 1. The fraction of sp³-hybridized carbons (Fsp3) is 0.350. The minimum atomic E-state index is -0.613. The molecular weight excluding hydrogens is 348 g/mol. The SMILES string of the molecule is CCOC(=O)c1c(NC(C)=O)sc2c1CCC(C#N)(c1ccccc1)C2. The molecule has 5 nitrogen and oxygen atoms in total. The highest BCUT2D eigenvalue weighted by atomic mass is 32.1. The van der Waals surface area contributed by atoms with E-state index in [1.807, 2.05) is 30.3 Å². The summed E-state index contributed by atoms with van der Waals surface area (Å²) in [7, 11) is 0. The number of rotatable bonds is 4. The summed E-state index contributed by atoms with van der Waals surface area (Å²) in [4.78, 5) is 25.0. The van der Waals surface area contributed by atoms with Gasteiger partial charge in [-0.15, -0.1) is 11.3 Å². The summed E-state index contributed by atoms with van der Waals surface area (Å²) >= 11 is 1.37. The Bertz CT molecular complexity index is 882. The van der Waals surface area contributed by atoms with Crippen molar-refractivity contribution in [3.8, 4) is 6.07 Å². The third kappa shape index (κ3) is 3.23. The highest BCUT2D eigenvalue weighted by Gasteiger charge is 2.40. The number of nitriles is 1. The lowest BCUT2D eigenvalue weighted by Gasteiger charge is -2.31. The van der Waals surface area contributed by atoms with Gasteiger partial charge >= 0.3 is 5.97 Å². The molecule has 2 aromatic rings. The Morgan fingerprint density at radius 3 is 2.69 bits per heavy atom. The molecule has 0 fully saturated rings. The van der Waals surface area contributed by atoms with Crippen molar-refractivity contribution in [2.24, 2.45) is 0 Å². The van der Waals surface area contributed by atoms with Gasteiger partial charge in [-0.25, -0.2) is 4.79 Å². The van der Waals surface area contributed by atoms with Gasteiger partial charge in [0.2, 0.25) is 5.91 Å². The van der Waals surface area contributed by atoms with Gasteiger partial charge in [-0.05, 0) is 30.9 Å². The van der Waals surface area contributed by atoms with Crippen LogP contribution in [0.25, 0.3) is 0 Å². The Kier molecular flexibility index (Phi) is 5.10. The van der Waals surface area contributed by atoms with Gasteiger partial charge in [-0.3, -0.25) is 4.79 Å². The molecule has 3 rings (SSSR count). The fourth-order valence-corrected chi connectivity index (χ4v) is 4.85. The minimum Gasteiger partial charge on any atom is -0.462 e. The van der Waals surface area contributed by atoms with Gasteiger partial charge in [0.25, 0.3) is 0 Å². The number of hydrogen-bond acceptors (Lipinski definition) is 5. The quantitative estimate of drug-likeness (QED) is 0.832. The molecule has 1 aliphatic carbocycles. The molecular formula is C20H20N2O3S. The first kappa shape index (κ1) is 18.2. The molecule has 0 radical (unpaired) electrons. The highest BCUT2D eigenvalue weighted by Crippen LogP contribution is 2.45. The maximum Gasteiger partial charge on any atom is 0.341 e. The number of thiophene rings is 1. The summed E-state index contributed by atoms with van der Waals surface area (Å²) in [6.07, 6.45) is 1.75. The van der Waals surface area contributed by atoms with Crippen molar-refractivity contribution in [3.63, 3.8) is 0 Å². The maximum absolute atomic E-state index is 12.4. The van der Waals surface area contributed by atoms with Gasteiger partial charge in [0.1, 0.15) is 5.00 Å². The van der Waals surface area contributed by atoms with Gasteiger partial charge in [0.15, 0.2) is 0 Å². The number of carbonyl (C=O) groups is 2. The third-order valence-corrected chi connectivity index (χ3v) is 5.81. The Balaban J connectivity index is 2.05. The van der Waals surface area contributed by atoms with E-state index in [1.54, 1.807) is 6.92 Å². The van der Waals surface area contributed by atoms with Crippen LogP contribution >= 0.6 is 11.3 Å². The van der Waals surface area contributed by atoms with Crippen LogP contribution in [-0.4, -0.2) is 18.5 Å². The molecule has 134 valence electrons. The van der Waals surface area contributed by atoms with Crippen molar-refractivity contribution < 1.29 is 14.3 Å². The van der Waals surface area contributed by atoms with Gasteiger partial charge in [0.05, 0.1) is 23.7 Å². The van der Waals surface area contributed by atoms with Crippen LogP contribution < -0.4 is 5.32 Å². The molecule has 1 unspecified atom stereocenters. The molecule has 1 aromatic heterocycles. The highest BCUT2D eigenvalue weighted by molar-refractivity contribution is 7.17. The van der Waals surface area contributed by atoms with Crippen molar-refractivity contribution in [3.05, 3.63) is 51.9 Å². The fourth-order valence-electron chi connectivity index (χ4n) is 3.45. The predicted octanol–water partition coefficient (Wildman–Crippen LogP) is 3.83. The lowest BCUT2D eigenvalue weighted by molar-refractivity contribution is -0.114. The zero-order valence-corrected chi connectivity index (χ0v) is 15.6. The number of hydrogen-bond donors (Lipinski definition) is 1. The van der Waals surface area contributed by atoms with Crippen LogP contribution in [0, 0.1) is 11.3 Å². The number of benzene rings is 1.